The van der Waals surface area contributed by atoms with Crippen LogP contribution in [0.4, 0.5) is 5.82 Å². The lowest BCUT2D eigenvalue weighted by Gasteiger charge is -2.09. The number of benzene rings is 1. The maximum absolute atomic E-state index is 12.8. The van der Waals surface area contributed by atoms with Gasteiger partial charge in [0.15, 0.2) is 5.15 Å². The fourth-order valence-corrected chi connectivity index (χ4v) is 3.97. The molecule has 0 aliphatic carbocycles. The fraction of sp³-hybridized carbons (Fsp3) is 0.0667. The van der Waals surface area contributed by atoms with Crippen LogP contribution in [0.3, 0.4) is 0 Å². The van der Waals surface area contributed by atoms with Crippen LogP contribution in [0.1, 0.15) is 0 Å². The molecule has 0 saturated carbocycles. The summed E-state index contributed by atoms with van der Waals surface area (Å²) in [4.78, 5) is 14.0. The number of sulfonamides is 1. The van der Waals surface area contributed by atoms with Crippen molar-refractivity contribution in [3.05, 3.63) is 41.9 Å². The largest absolute Gasteiger partial charge is 0.478 e. The van der Waals surface area contributed by atoms with Crippen LogP contribution >= 0.6 is 11.6 Å². The maximum Gasteiger partial charge on any atom is 0.265 e. The molecule has 0 aliphatic heterocycles. The minimum absolute atomic E-state index is 0.0114. The van der Waals surface area contributed by atoms with Gasteiger partial charge >= 0.3 is 0 Å². The first-order valence-electron chi connectivity index (χ1n) is 7.16. The number of nitrogens with one attached hydrogen (secondary N) is 3. The van der Waals surface area contributed by atoms with Crippen molar-refractivity contribution in [1.82, 2.24) is 19.9 Å². The molecule has 8 nitrogen and oxygen atoms in total. The summed E-state index contributed by atoms with van der Waals surface area (Å²) in [7, 11) is -2.56. The van der Waals surface area contributed by atoms with Crippen molar-refractivity contribution in [1.29, 1.82) is 0 Å². The van der Waals surface area contributed by atoms with Gasteiger partial charge in [0.2, 0.25) is 5.82 Å². The molecule has 4 aromatic rings. The minimum Gasteiger partial charge on any atom is -0.478 e. The number of fused-ring (bicyclic) bond motifs is 3. The van der Waals surface area contributed by atoms with E-state index in [-0.39, 0.29) is 21.7 Å². The third kappa shape index (κ3) is 2.57. The van der Waals surface area contributed by atoms with E-state index in [1.807, 2.05) is 12.1 Å². The highest BCUT2D eigenvalue weighted by Gasteiger charge is 2.23. The van der Waals surface area contributed by atoms with Crippen molar-refractivity contribution in [2.24, 2.45) is 0 Å². The summed E-state index contributed by atoms with van der Waals surface area (Å²) in [5, 5.41) is 1.64. The molecule has 4 rings (SSSR count). The third-order valence-corrected chi connectivity index (χ3v) is 5.33. The number of hydrogen-bond donors (Lipinski definition) is 3. The molecule has 0 radical (unpaired) electrons. The topological polar surface area (TPSA) is 113 Å². The number of aromatic amines is 2. The van der Waals surface area contributed by atoms with Gasteiger partial charge in [-0.2, -0.15) is 4.98 Å². The SMILES string of the molecule is COc1nc(Cl)cnc1NS(=O)(=O)c1c[nH]c2c1ccc1cc[nH]c12. The fourth-order valence-electron chi connectivity index (χ4n) is 2.67. The quantitative estimate of drug-likeness (QED) is 0.506. The molecular formula is C15H12ClN5O3S. The van der Waals surface area contributed by atoms with Gasteiger partial charge in [-0.3, -0.25) is 4.72 Å². The third-order valence-electron chi connectivity index (χ3n) is 3.77. The van der Waals surface area contributed by atoms with E-state index < -0.39 is 10.0 Å². The zero-order valence-corrected chi connectivity index (χ0v) is 14.4. The van der Waals surface area contributed by atoms with Gasteiger partial charge in [-0.1, -0.05) is 23.7 Å². The second-order valence-corrected chi connectivity index (χ2v) is 7.28. The number of ether oxygens (including phenoxy) is 1. The molecule has 3 aromatic heterocycles. The number of aromatic nitrogens is 4. The summed E-state index contributed by atoms with van der Waals surface area (Å²) < 4.78 is 33.0. The van der Waals surface area contributed by atoms with E-state index in [9.17, 15) is 8.42 Å². The smallest absolute Gasteiger partial charge is 0.265 e. The second kappa shape index (κ2) is 5.64. The average Bonchev–Trinajstić information content (AvgIpc) is 3.21. The number of hydrogen-bond acceptors (Lipinski definition) is 5. The molecule has 0 fully saturated rings. The monoisotopic (exact) mass is 377 g/mol. The first-order valence-corrected chi connectivity index (χ1v) is 9.02. The van der Waals surface area contributed by atoms with E-state index in [0.717, 1.165) is 10.9 Å². The highest BCUT2D eigenvalue weighted by molar-refractivity contribution is 7.93. The Morgan fingerprint density at radius 1 is 1.20 bits per heavy atom. The Balaban J connectivity index is 1.82. The number of anilines is 1. The van der Waals surface area contributed by atoms with Crippen molar-refractivity contribution in [2.75, 3.05) is 11.8 Å². The van der Waals surface area contributed by atoms with Crippen molar-refractivity contribution >= 4 is 49.2 Å². The van der Waals surface area contributed by atoms with Crippen LogP contribution in [0.5, 0.6) is 5.88 Å². The number of halogens is 1. The number of H-pyrrole nitrogens is 2. The first-order chi connectivity index (χ1) is 12.0. The first kappa shape index (κ1) is 15.7. The van der Waals surface area contributed by atoms with Crippen LogP contribution in [0, 0.1) is 0 Å². The van der Waals surface area contributed by atoms with Gasteiger partial charge in [-0.15, -0.1) is 0 Å². The van der Waals surface area contributed by atoms with Crippen molar-refractivity contribution in [2.45, 2.75) is 4.90 Å². The molecule has 0 amide bonds. The van der Waals surface area contributed by atoms with Crippen LogP contribution in [0.15, 0.2) is 41.7 Å². The van der Waals surface area contributed by atoms with E-state index in [1.54, 1.807) is 12.3 Å². The molecule has 0 spiro atoms. The normalized spacial score (nSPS) is 11.9. The van der Waals surface area contributed by atoms with Crippen LogP contribution in [-0.4, -0.2) is 35.5 Å². The summed E-state index contributed by atoms with van der Waals surface area (Å²) >= 11 is 5.75. The van der Waals surface area contributed by atoms with Gasteiger partial charge in [-0.05, 0) is 6.07 Å². The standard InChI is InChI=1S/C15H12ClN5O3S/c1-24-15-14(19-7-11(16)20-15)21-25(22,23)10-6-18-13-9(10)3-2-8-4-5-17-12(8)13/h2-7,17-18H,1H3,(H,19,21). The molecule has 1 aromatic carbocycles. The van der Waals surface area contributed by atoms with Crippen LogP contribution in [0.25, 0.3) is 21.8 Å². The summed E-state index contributed by atoms with van der Waals surface area (Å²) in [5.74, 6) is -0.0510. The molecular weight excluding hydrogens is 366 g/mol. The Kier molecular flexibility index (Phi) is 3.55. The van der Waals surface area contributed by atoms with E-state index >= 15 is 0 Å². The summed E-state index contributed by atoms with van der Waals surface area (Å²) in [6, 6.07) is 5.52. The van der Waals surface area contributed by atoms with E-state index in [1.165, 1.54) is 19.5 Å². The van der Waals surface area contributed by atoms with Gasteiger partial charge in [0.05, 0.1) is 24.3 Å². The highest BCUT2D eigenvalue weighted by Crippen LogP contribution is 2.30. The average molecular weight is 378 g/mol. The van der Waals surface area contributed by atoms with Crippen LogP contribution in [-0.2, 0) is 10.0 Å². The van der Waals surface area contributed by atoms with Crippen LogP contribution in [0.2, 0.25) is 5.15 Å². The lowest BCUT2D eigenvalue weighted by molar-refractivity contribution is 0.398. The number of methoxy groups -OCH3 is 1. The Morgan fingerprint density at radius 3 is 2.84 bits per heavy atom. The summed E-state index contributed by atoms with van der Waals surface area (Å²) in [6.45, 7) is 0. The Morgan fingerprint density at radius 2 is 2.04 bits per heavy atom. The van der Waals surface area contributed by atoms with Gasteiger partial charge in [0.1, 0.15) is 4.90 Å². The predicted molar refractivity (Wildman–Crippen MR) is 94.6 cm³/mol. The molecule has 128 valence electrons. The second-order valence-electron chi connectivity index (χ2n) is 5.24. The lowest BCUT2D eigenvalue weighted by atomic mass is 10.2. The molecule has 25 heavy (non-hydrogen) atoms. The Bertz CT molecular complexity index is 1200. The zero-order valence-electron chi connectivity index (χ0n) is 12.9. The van der Waals surface area contributed by atoms with Gasteiger partial charge in [0.25, 0.3) is 15.9 Å². The maximum atomic E-state index is 12.8. The van der Waals surface area contributed by atoms with Crippen LogP contribution < -0.4 is 9.46 Å². The molecule has 3 N–H and O–H groups in total. The number of rotatable bonds is 4. The molecule has 0 unspecified atom stereocenters. The summed E-state index contributed by atoms with van der Waals surface area (Å²) in [5.41, 5.74) is 1.54. The molecule has 0 bridgehead atoms. The van der Waals surface area contributed by atoms with Gasteiger partial charge in [-0.25, -0.2) is 13.4 Å². The zero-order chi connectivity index (χ0) is 17.6. The molecule has 0 atom stereocenters. The van der Waals surface area contributed by atoms with E-state index in [2.05, 4.69) is 24.7 Å². The molecule has 3 heterocycles. The van der Waals surface area contributed by atoms with Crippen molar-refractivity contribution in [3.8, 4) is 5.88 Å². The minimum atomic E-state index is -3.91. The molecule has 0 saturated heterocycles. The van der Waals surface area contributed by atoms with Crippen molar-refractivity contribution < 1.29 is 13.2 Å². The van der Waals surface area contributed by atoms with E-state index in [0.29, 0.717) is 10.9 Å². The Hall–Kier alpha value is -2.78. The Labute approximate surface area is 147 Å². The number of nitrogens with zero attached hydrogens (tertiary/aromatic N) is 2. The molecule has 0 aliphatic rings. The predicted octanol–water partition coefficient (Wildman–Crippen LogP) is 2.90. The lowest BCUT2D eigenvalue weighted by Crippen LogP contribution is -2.14. The van der Waals surface area contributed by atoms with Gasteiger partial charge in [0, 0.05) is 23.2 Å². The molecule has 10 heteroatoms. The van der Waals surface area contributed by atoms with Gasteiger partial charge < -0.3 is 14.7 Å². The highest BCUT2D eigenvalue weighted by atomic mass is 35.5. The van der Waals surface area contributed by atoms with E-state index in [4.69, 9.17) is 16.3 Å². The summed E-state index contributed by atoms with van der Waals surface area (Å²) in [6.07, 6.45) is 4.47. The van der Waals surface area contributed by atoms with Crippen molar-refractivity contribution in [3.63, 3.8) is 0 Å².